The Bertz CT molecular complexity index is 832. The number of hydrogen-bond donors (Lipinski definition) is 1. The number of fused-ring (bicyclic) bond motifs is 1. The summed E-state index contributed by atoms with van der Waals surface area (Å²) in [5.74, 6) is -2.10. The van der Waals surface area contributed by atoms with Gasteiger partial charge in [0.25, 0.3) is 0 Å². The predicted octanol–water partition coefficient (Wildman–Crippen LogP) is 2.50. The lowest BCUT2D eigenvalue weighted by molar-refractivity contribution is 0.500. The highest BCUT2D eigenvalue weighted by atomic mass is 19.1. The standard InChI is InChI=1S/C14H10F2N2O2/c15-10-2-1-3-11(16)9(10)7-18-12-5-4-8(17)6-13(12)20-14(18)19/h1-6H,7,17H2. The van der Waals surface area contributed by atoms with E-state index in [1.54, 1.807) is 12.1 Å². The molecule has 0 unspecified atom stereocenters. The molecule has 0 saturated carbocycles. The van der Waals surface area contributed by atoms with Crippen molar-refractivity contribution in [2.45, 2.75) is 6.54 Å². The fourth-order valence-corrected chi connectivity index (χ4v) is 2.07. The van der Waals surface area contributed by atoms with Gasteiger partial charge in [0, 0.05) is 17.3 Å². The summed E-state index contributed by atoms with van der Waals surface area (Å²) in [6.07, 6.45) is 0. The first-order valence-electron chi connectivity index (χ1n) is 5.88. The molecule has 1 heterocycles. The number of nitrogens with two attached hydrogens (primary N) is 1. The van der Waals surface area contributed by atoms with Crippen LogP contribution in [0, 0.1) is 11.6 Å². The molecular formula is C14H10F2N2O2. The van der Waals surface area contributed by atoms with Crippen molar-refractivity contribution in [3.05, 3.63) is 64.1 Å². The summed E-state index contributed by atoms with van der Waals surface area (Å²) in [6, 6.07) is 8.21. The largest absolute Gasteiger partial charge is 0.420 e. The molecule has 0 bridgehead atoms. The SMILES string of the molecule is Nc1ccc2c(c1)oc(=O)n2Cc1c(F)cccc1F. The number of hydrogen-bond acceptors (Lipinski definition) is 3. The van der Waals surface area contributed by atoms with Gasteiger partial charge in [-0.3, -0.25) is 4.57 Å². The van der Waals surface area contributed by atoms with E-state index in [9.17, 15) is 13.6 Å². The van der Waals surface area contributed by atoms with Gasteiger partial charge in [-0.25, -0.2) is 13.6 Å². The fraction of sp³-hybridized carbons (Fsp3) is 0.0714. The van der Waals surface area contributed by atoms with Crippen LogP contribution < -0.4 is 11.5 Å². The molecule has 0 atom stereocenters. The number of nitrogen functional groups attached to an aromatic ring is 1. The Morgan fingerprint density at radius 2 is 1.85 bits per heavy atom. The molecule has 0 amide bonds. The molecule has 0 aliphatic carbocycles. The molecule has 0 aliphatic heterocycles. The lowest BCUT2D eigenvalue weighted by Gasteiger charge is -2.05. The van der Waals surface area contributed by atoms with Crippen molar-refractivity contribution in [3.8, 4) is 0 Å². The summed E-state index contributed by atoms with van der Waals surface area (Å²) < 4.78 is 33.4. The summed E-state index contributed by atoms with van der Waals surface area (Å²) in [7, 11) is 0. The number of aromatic nitrogens is 1. The number of rotatable bonds is 2. The van der Waals surface area contributed by atoms with Gasteiger partial charge in [0.05, 0.1) is 12.1 Å². The Morgan fingerprint density at radius 1 is 1.15 bits per heavy atom. The van der Waals surface area contributed by atoms with Gasteiger partial charge in [-0.1, -0.05) is 6.07 Å². The van der Waals surface area contributed by atoms with Crippen LogP contribution in [0.15, 0.2) is 45.6 Å². The lowest BCUT2D eigenvalue weighted by atomic mass is 10.2. The van der Waals surface area contributed by atoms with Gasteiger partial charge in [0.1, 0.15) is 11.6 Å². The van der Waals surface area contributed by atoms with Gasteiger partial charge >= 0.3 is 5.76 Å². The number of oxazole rings is 1. The van der Waals surface area contributed by atoms with Crippen LogP contribution in [0.3, 0.4) is 0 Å². The van der Waals surface area contributed by atoms with Crippen molar-refractivity contribution < 1.29 is 13.2 Å². The van der Waals surface area contributed by atoms with Crippen LogP contribution in [0.2, 0.25) is 0 Å². The van der Waals surface area contributed by atoms with Gasteiger partial charge in [0.15, 0.2) is 5.58 Å². The summed E-state index contributed by atoms with van der Waals surface area (Å²) in [6.45, 7) is -0.242. The molecule has 2 N–H and O–H groups in total. The maximum atomic E-state index is 13.6. The second-order valence-corrected chi connectivity index (χ2v) is 4.38. The smallest absolute Gasteiger partial charge is 0.408 e. The monoisotopic (exact) mass is 276 g/mol. The van der Waals surface area contributed by atoms with E-state index in [1.807, 2.05) is 0 Å². The van der Waals surface area contributed by atoms with E-state index in [1.165, 1.54) is 12.1 Å². The van der Waals surface area contributed by atoms with Gasteiger partial charge in [-0.05, 0) is 24.3 Å². The Kier molecular flexibility index (Phi) is 2.78. The molecular weight excluding hydrogens is 266 g/mol. The van der Waals surface area contributed by atoms with Crippen molar-refractivity contribution in [3.63, 3.8) is 0 Å². The number of anilines is 1. The Balaban J connectivity index is 2.16. The quantitative estimate of drug-likeness (QED) is 0.731. The molecule has 0 saturated heterocycles. The van der Waals surface area contributed by atoms with Gasteiger partial charge in [-0.2, -0.15) is 0 Å². The summed E-state index contributed by atoms with van der Waals surface area (Å²) >= 11 is 0. The molecule has 0 radical (unpaired) electrons. The average Bonchev–Trinajstić information content (AvgIpc) is 2.69. The summed E-state index contributed by atoms with van der Waals surface area (Å²) in [5, 5.41) is 0. The van der Waals surface area contributed by atoms with Crippen LogP contribution in [0.25, 0.3) is 11.1 Å². The molecule has 6 heteroatoms. The van der Waals surface area contributed by atoms with Crippen LogP contribution in [0.4, 0.5) is 14.5 Å². The Morgan fingerprint density at radius 3 is 2.55 bits per heavy atom. The zero-order valence-corrected chi connectivity index (χ0v) is 10.3. The molecule has 3 aromatic rings. The highest BCUT2D eigenvalue weighted by Crippen LogP contribution is 2.19. The Labute approximate surface area is 112 Å². The minimum absolute atomic E-state index is 0.186. The maximum absolute atomic E-state index is 13.6. The van der Waals surface area contributed by atoms with Crippen LogP contribution in [0.5, 0.6) is 0 Å². The average molecular weight is 276 g/mol. The Hall–Kier alpha value is -2.63. The molecule has 0 fully saturated rings. The second-order valence-electron chi connectivity index (χ2n) is 4.38. The van der Waals surface area contributed by atoms with Crippen molar-refractivity contribution in [2.24, 2.45) is 0 Å². The first-order valence-corrected chi connectivity index (χ1v) is 5.88. The molecule has 0 spiro atoms. The summed E-state index contributed by atoms with van der Waals surface area (Å²) in [5.41, 5.74) is 6.57. The van der Waals surface area contributed by atoms with E-state index in [-0.39, 0.29) is 17.7 Å². The number of benzene rings is 2. The fourth-order valence-electron chi connectivity index (χ4n) is 2.07. The third-order valence-corrected chi connectivity index (χ3v) is 3.07. The zero-order chi connectivity index (χ0) is 14.3. The van der Waals surface area contributed by atoms with E-state index in [0.717, 1.165) is 16.7 Å². The third-order valence-electron chi connectivity index (χ3n) is 3.07. The zero-order valence-electron chi connectivity index (χ0n) is 10.3. The van der Waals surface area contributed by atoms with Crippen molar-refractivity contribution in [2.75, 3.05) is 5.73 Å². The first-order chi connectivity index (χ1) is 9.56. The second kappa shape index (κ2) is 4.48. The van der Waals surface area contributed by atoms with E-state index < -0.39 is 17.4 Å². The van der Waals surface area contributed by atoms with Crippen LogP contribution in [-0.2, 0) is 6.54 Å². The minimum atomic E-state index is -0.707. The normalized spacial score (nSPS) is 11.1. The highest BCUT2D eigenvalue weighted by molar-refractivity contribution is 5.76. The van der Waals surface area contributed by atoms with Crippen LogP contribution >= 0.6 is 0 Å². The molecule has 2 aromatic carbocycles. The highest BCUT2D eigenvalue weighted by Gasteiger charge is 2.14. The molecule has 3 rings (SSSR count). The molecule has 4 nitrogen and oxygen atoms in total. The molecule has 102 valence electrons. The molecule has 1 aromatic heterocycles. The molecule has 0 aliphatic rings. The van der Waals surface area contributed by atoms with Crippen molar-refractivity contribution in [1.29, 1.82) is 0 Å². The van der Waals surface area contributed by atoms with Crippen molar-refractivity contribution in [1.82, 2.24) is 4.57 Å². The lowest BCUT2D eigenvalue weighted by Crippen LogP contribution is -2.16. The van der Waals surface area contributed by atoms with Crippen molar-refractivity contribution >= 4 is 16.8 Å². The van der Waals surface area contributed by atoms with Gasteiger partial charge in [0.2, 0.25) is 0 Å². The van der Waals surface area contributed by atoms with Crippen LogP contribution in [0.1, 0.15) is 5.56 Å². The predicted molar refractivity (Wildman–Crippen MR) is 70.3 cm³/mol. The van der Waals surface area contributed by atoms with Crippen LogP contribution in [-0.4, -0.2) is 4.57 Å². The molecule has 20 heavy (non-hydrogen) atoms. The van der Waals surface area contributed by atoms with E-state index >= 15 is 0 Å². The maximum Gasteiger partial charge on any atom is 0.420 e. The van der Waals surface area contributed by atoms with Gasteiger partial charge in [-0.15, -0.1) is 0 Å². The first kappa shape index (κ1) is 12.4. The summed E-state index contributed by atoms with van der Waals surface area (Å²) in [4.78, 5) is 11.8. The number of halogens is 2. The van der Waals surface area contributed by atoms with Gasteiger partial charge < -0.3 is 10.2 Å². The minimum Gasteiger partial charge on any atom is -0.408 e. The topological polar surface area (TPSA) is 61.2 Å². The van der Waals surface area contributed by atoms with E-state index in [4.69, 9.17) is 10.2 Å². The van der Waals surface area contributed by atoms with E-state index in [2.05, 4.69) is 0 Å². The third kappa shape index (κ3) is 1.95. The van der Waals surface area contributed by atoms with E-state index in [0.29, 0.717) is 11.2 Å². The number of nitrogens with zero attached hydrogens (tertiary/aromatic N) is 1.